The van der Waals surface area contributed by atoms with Crippen LogP contribution in [0.5, 0.6) is 0 Å². The molecule has 0 saturated carbocycles. The van der Waals surface area contributed by atoms with Crippen molar-refractivity contribution in [3.8, 4) is 0 Å². The Balaban J connectivity index is 1.79. The molecule has 0 aliphatic carbocycles. The molecule has 0 bridgehead atoms. The van der Waals surface area contributed by atoms with Gasteiger partial charge in [-0.15, -0.1) is 15.3 Å². The number of aromatic nitrogens is 6. The molecule has 0 atom stereocenters. The molecule has 0 aliphatic heterocycles. The van der Waals surface area contributed by atoms with E-state index in [-0.39, 0.29) is 5.91 Å². The lowest BCUT2D eigenvalue weighted by molar-refractivity contribution is -0.116. The molecule has 2 aromatic rings. The quantitative estimate of drug-likeness (QED) is 0.615. The third-order valence-corrected chi connectivity index (χ3v) is 3.73. The highest BCUT2D eigenvalue weighted by atomic mass is 32.2. The van der Waals surface area contributed by atoms with E-state index in [0.717, 1.165) is 10.1 Å². The average Bonchev–Trinajstić information content (AvgIpc) is 2.99. The van der Waals surface area contributed by atoms with Gasteiger partial charge in [-0.25, -0.2) is 4.68 Å². The zero-order valence-corrected chi connectivity index (χ0v) is 11.2. The smallest absolute Gasteiger partial charge is 0.228 e. The van der Waals surface area contributed by atoms with E-state index in [1.165, 1.54) is 22.3 Å². The lowest BCUT2D eigenvalue weighted by atomic mass is 10.4. The maximum atomic E-state index is 11.6. The van der Waals surface area contributed by atoms with Gasteiger partial charge < -0.3 is 5.32 Å². The molecule has 0 radical (unpaired) electrons. The molecular weight excluding hydrogens is 274 g/mol. The predicted molar refractivity (Wildman–Crippen MR) is 67.4 cm³/mol. The van der Waals surface area contributed by atoms with Crippen LogP contribution in [0.2, 0.25) is 0 Å². The van der Waals surface area contributed by atoms with Crippen molar-refractivity contribution in [1.29, 1.82) is 0 Å². The minimum atomic E-state index is -0.130. The molecule has 2 aromatic heterocycles. The van der Waals surface area contributed by atoms with Crippen molar-refractivity contribution >= 4 is 34.1 Å². The van der Waals surface area contributed by atoms with Gasteiger partial charge in [0.2, 0.25) is 11.0 Å². The number of thioether (sulfide) groups is 1. The summed E-state index contributed by atoms with van der Waals surface area (Å²) in [7, 11) is 0. The highest BCUT2D eigenvalue weighted by molar-refractivity contribution is 8.01. The van der Waals surface area contributed by atoms with E-state index in [9.17, 15) is 4.79 Å². The van der Waals surface area contributed by atoms with E-state index < -0.39 is 0 Å². The minimum Gasteiger partial charge on any atom is -0.300 e. The molecule has 2 rings (SSSR count). The van der Waals surface area contributed by atoms with E-state index in [1.54, 1.807) is 11.8 Å². The fraction of sp³-hybridized carbons (Fsp3) is 0.500. The minimum absolute atomic E-state index is 0.130. The zero-order chi connectivity index (χ0) is 12.8. The van der Waals surface area contributed by atoms with E-state index in [1.807, 2.05) is 6.92 Å². The van der Waals surface area contributed by atoms with E-state index >= 15 is 0 Å². The summed E-state index contributed by atoms with van der Waals surface area (Å²) in [5.41, 5.74) is 0. The molecular formula is C8H11N7OS2. The summed E-state index contributed by atoms with van der Waals surface area (Å²) < 4.78 is 2.35. The van der Waals surface area contributed by atoms with Gasteiger partial charge in [0.25, 0.3) is 0 Å². The normalized spacial score (nSPS) is 10.5. The Kier molecular flexibility index (Phi) is 4.59. The third-order valence-electron chi connectivity index (χ3n) is 1.88. The Morgan fingerprint density at radius 3 is 3.17 bits per heavy atom. The standard InChI is InChI=1S/C8H11N7OS2/c1-2-17-8-12-11-7(18-8)10-6(16)3-4-15-5-9-13-14-15/h5H,2-4H2,1H3,(H,10,11,16). The predicted octanol–water partition coefficient (Wildman–Crippen LogP) is 0.665. The summed E-state index contributed by atoms with van der Waals surface area (Å²) in [5, 5.41) is 21.7. The lowest BCUT2D eigenvalue weighted by Gasteiger charge is -1.99. The molecule has 18 heavy (non-hydrogen) atoms. The molecule has 1 N–H and O–H groups in total. The van der Waals surface area contributed by atoms with Gasteiger partial charge in [0.05, 0.1) is 6.54 Å². The molecule has 0 fully saturated rings. The summed E-state index contributed by atoms with van der Waals surface area (Å²) in [5.74, 6) is 0.803. The first-order chi connectivity index (χ1) is 8.78. The van der Waals surface area contributed by atoms with Gasteiger partial charge in [-0.3, -0.25) is 4.79 Å². The Hall–Kier alpha value is -1.55. The monoisotopic (exact) mass is 285 g/mol. The van der Waals surface area contributed by atoms with Crippen molar-refractivity contribution in [1.82, 2.24) is 30.4 Å². The molecule has 0 saturated heterocycles. The number of tetrazole rings is 1. The molecule has 0 aliphatic rings. The van der Waals surface area contributed by atoms with E-state index in [4.69, 9.17) is 0 Å². The van der Waals surface area contributed by atoms with Gasteiger partial charge >= 0.3 is 0 Å². The number of amides is 1. The van der Waals surface area contributed by atoms with Crippen LogP contribution in [0, 0.1) is 0 Å². The van der Waals surface area contributed by atoms with Crippen molar-refractivity contribution in [2.75, 3.05) is 11.1 Å². The Morgan fingerprint density at radius 1 is 1.56 bits per heavy atom. The topological polar surface area (TPSA) is 98.5 Å². The number of anilines is 1. The Bertz CT molecular complexity index is 497. The van der Waals surface area contributed by atoms with E-state index in [0.29, 0.717) is 18.1 Å². The number of carbonyl (C=O) groups is 1. The van der Waals surface area contributed by atoms with Gasteiger partial charge in [-0.2, -0.15) is 0 Å². The van der Waals surface area contributed by atoms with E-state index in [2.05, 4.69) is 31.0 Å². The number of nitrogens with one attached hydrogen (secondary N) is 1. The van der Waals surface area contributed by atoms with Gasteiger partial charge in [0, 0.05) is 6.42 Å². The molecule has 10 heteroatoms. The van der Waals surface area contributed by atoms with Crippen LogP contribution in [0.1, 0.15) is 13.3 Å². The lowest BCUT2D eigenvalue weighted by Crippen LogP contribution is -2.14. The second-order valence-corrected chi connectivity index (χ2v) is 5.67. The van der Waals surface area contributed by atoms with Crippen LogP contribution >= 0.6 is 23.1 Å². The number of carbonyl (C=O) groups excluding carboxylic acids is 1. The van der Waals surface area contributed by atoms with Crippen molar-refractivity contribution < 1.29 is 4.79 Å². The van der Waals surface area contributed by atoms with Crippen LogP contribution in [-0.2, 0) is 11.3 Å². The molecule has 0 unspecified atom stereocenters. The fourth-order valence-electron chi connectivity index (χ4n) is 1.12. The average molecular weight is 285 g/mol. The largest absolute Gasteiger partial charge is 0.300 e. The summed E-state index contributed by atoms with van der Waals surface area (Å²) in [6, 6.07) is 0. The number of hydrogen-bond acceptors (Lipinski definition) is 8. The Labute approximate surface area is 111 Å². The van der Waals surface area contributed by atoms with Crippen LogP contribution < -0.4 is 5.32 Å². The van der Waals surface area contributed by atoms with Crippen molar-refractivity contribution in [2.24, 2.45) is 0 Å². The number of aryl methyl sites for hydroxylation is 1. The van der Waals surface area contributed by atoms with Gasteiger partial charge in [0.15, 0.2) is 4.34 Å². The van der Waals surface area contributed by atoms with Crippen LogP contribution in [0.3, 0.4) is 0 Å². The maximum Gasteiger partial charge on any atom is 0.228 e. The van der Waals surface area contributed by atoms with Crippen molar-refractivity contribution in [3.05, 3.63) is 6.33 Å². The SMILES string of the molecule is CCSc1nnc(NC(=O)CCn2cnnn2)s1. The summed E-state index contributed by atoms with van der Waals surface area (Å²) in [6.45, 7) is 2.48. The first-order valence-corrected chi connectivity index (χ1v) is 7.05. The first kappa shape index (κ1) is 12.9. The maximum absolute atomic E-state index is 11.6. The fourth-order valence-corrected chi connectivity index (χ4v) is 2.79. The van der Waals surface area contributed by atoms with Gasteiger partial charge in [-0.05, 0) is 16.2 Å². The molecule has 96 valence electrons. The molecule has 0 aromatic carbocycles. The first-order valence-electron chi connectivity index (χ1n) is 5.25. The number of hydrogen-bond donors (Lipinski definition) is 1. The molecule has 8 nitrogen and oxygen atoms in total. The summed E-state index contributed by atoms with van der Waals surface area (Å²) in [6.07, 6.45) is 1.76. The highest BCUT2D eigenvalue weighted by Gasteiger charge is 2.08. The van der Waals surface area contributed by atoms with Crippen molar-refractivity contribution in [3.63, 3.8) is 0 Å². The summed E-state index contributed by atoms with van der Waals surface area (Å²) in [4.78, 5) is 11.6. The third kappa shape index (κ3) is 3.74. The molecule has 1 amide bonds. The summed E-state index contributed by atoms with van der Waals surface area (Å²) >= 11 is 2.97. The zero-order valence-electron chi connectivity index (χ0n) is 9.61. The Morgan fingerprint density at radius 2 is 2.44 bits per heavy atom. The van der Waals surface area contributed by atoms with Crippen molar-refractivity contribution in [2.45, 2.75) is 24.2 Å². The molecule has 2 heterocycles. The van der Waals surface area contributed by atoms with Gasteiger partial charge in [0.1, 0.15) is 6.33 Å². The second kappa shape index (κ2) is 6.40. The van der Waals surface area contributed by atoms with Gasteiger partial charge in [-0.1, -0.05) is 30.0 Å². The van der Waals surface area contributed by atoms with Crippen LogP contribution in [0.15, 0.2) is 10.7 Å². The highest BCUT2D eigenvalue weighted by Crippen LogP contribution is 2.24. The number of nitrogens with zero attached hydrogens (tertiary/aromatic N) is 6. The second-order valence-electron chi connectivity index (χ2n) is 3.18. The van der Waals surface area contributed by atoms with Crippen LogP contribution in [-0.4, -0.2) is 42.1 Å². The van der Waals surface area contributed by atoms with Crippen LogP contribution in [0.25, 0.3) is 0 Å². The molecule has 0 spiro atoms. The van der Waals surface area contributed by atoms with Crippen LogP contribution in [0.4, 0.5) is 5.13 Å². The number of rotatable bonds is 6.